The van der Waals surface area contributed by atoms with Crippen LogP contribution in [-0.4, -0.2) is 178 Å². The van der Waals surface area contributed by atoms with E-state index >= 15 is 0 Å². The molecule has 0 fully saturated rings. The number of Topliss-reactive ketones (excluding diaryl/α,β-unsaturated/α-hetero) is 11. The van der Waals surface area contributed by atoms with Crippen LogP contribution in [0.2, 0.25) is 0 Å². The molecule has 0 aliphatic rings. The zero-order valence-corrected chi connectivity index (χ0v) is 63.8. The number of nitrogens with two attached hydrogens (primary N) is 6. The first-order valence-corrected chi connectivity index (χ1v) is 35.8. The minimum atomic E-state index is -1.06. The monoisotopic (exact) mass is 1570 g/mol. The number of carbonyl (C=O) groups is 18. The van der Waals surface area contributed by atoms with Gasteiger partial charge in [-0.25, -0.2) is 0 Å². The number of thioether (sulfide) groups is 1. The molecule has 0 spiro atoms. The van der Waals surface area contributed by atoms with E-state index in [0.29, 0.717) is 39.8 Å². The van der Waals surface area contributed by atoms with Gasteiger partial charge in [-0.3, -0.25) is 86.3 Å². The molecule has 0 bridgehead atoms. The van der Waals surface area contributed by atoms with Crippen LogP contribution in [0.25, 0.3) is 0 Å². The van der Waals surface area contributed by atoms with E-state index < -0.39 is 72.1 Å². The summed E-state index contributed by atoms with van der Waals surface area (Å²) >= 11 is 1.02. The fraction of sp³-hybridized carbons (Fsp3) is 0.333. The van der Waals surface area contributed by atoms with E-state index in [0.717, 1.165) is 45.1 Å². The molecule has 18 N–H and O–H groups in total. The van der Waals surface area contributed by atoms with Crippen molar-refractivity contribution in [1.82, 2.24) is 0 Å². The second kappa shape index (κ2) is 50.9. The Morgan fingerprint density at radius 2 is 0.455 bits per heavy atom. The van der Waals surface area contributed by atoms with E-state index in [1.54, 1.807) is 173 Å². The number of carboxylic acid groups (broad SMARTS) is 6. The van der Waals surface area contributed by atoms with Crippen molar-refractivity contribution in [3.63, 3.8) is 0 Å². The Morgan fingerprint density at radius 3 is 0.607 bits per heavy atom. The Labute approximate surface area is 650 Å². The van der Waals surface area contributed by atoms with Gasteiger partial charge in [-0.1, -0.05) is 178 Å². The first kappa shape index (κ1) is 98.3. The zero-order valence-electron chi connectivity index (χ0n) is 63.0. The molecule has 0 aromatic heterocycles. The van der Waals surface area contributed by atoms with Gasteiger partial charge in [0.2, 0.25) is 0 Å². The van der Waals surface area contributed by atoms with E-state index in [4.69, 9.17) is 65.0 Å². The minimum absolute atomic E-state index is 0.0908. The van der Waals surface area contributed by atoms with E-state index in [-0.39, 0.29) is 152 Å². The van der Waals surface area contributed by atoms with E-state index in [2.05, 4.69) is 0 Å². The Kier molecular flexibility index (Phi) is 44.7. The molecule has 6 aromatic carbocycles. The lowest BCUT2D eigenvalue weighted by Gasteiger charge is -2.07. The van der Waals surface area contributed by atoms with Crippen molar-refractivity contribution in [3.8, 4) is 0 Å². The number of carboxylic acids is 6. The molecule has 6 unspecified atom stereocenters. The maximum atomic E-state index is 11.9. The first-order chi connectivity index (χ1) is 52.4. The van der Waals surface area contributed by atoms with Gasteiger partial charge in [0.15, 0.2) is 39.8 Å². The van der Waals surface area contributed by atoms with Crippen LogP contribution < -0.4 is 34.4 Å². The molecular weight excluding hydrogens is 1470 g/mol. The molecule has 6 atom stereocenters. The average Bonchev–Trinajstić information content (AvgIpc) is 0.895. The second-order valence-corrected chi connectivity index (χ2v) is 26.7. The SMILES string of the molecule is CC(=O)CC(=O)c1ccc(CC(N)C(=O)O)cc1.CC(=O)CC(=O)c1ccc(CC(N)C(=O)O)cc1.CC(=O)CC(=O)c1ccc(CC(N)C(=O)O)cc1.CC(C)C(=O)CC(=O)c1ccc(CC(N)C(=O)O)cc1.CCC(=O)CC(=O)c1ccc(CC(N)C(=O)O)cc1.CSC(=O)CC(=O)c1ccc(CC(N)C(=O)O)cc1. The largest absolute Gasteiger partial charge is 0.480 e. The quantitative estimate of drug-likeness (QED) is 0.0153. The molecule has 0 amide bonds. The zero-order chi connectivity index (χ0) is 85.2. The predicted molar refractivity (Wildman–Crippen MR) is 414 cm³/mol. The summed E-state index contributed by atoms with van der Waals surface area (Å²) in [6.45, 7) is 9.30. The molecule has 0 heterocycles. The van der Waals surface area contributed by atoms with Crippen molar-refractivity contribution in [2.45, 2.75) is 161 Å². The van der Waals surface area contributed by atoms with Crippen molar-refractivity contribution in [3.05, 3.63) is 212 Å². The molecule has 0 saturated heterocycles. The third kappa shape index (κ3) is 40.1. The summed E-state index contributed by atoms with van der Waals surface area (Å²) in [4.78, 5) is 200. The number of carbonyl (C=O) groups excluding carboxylic acids is 12. The van der Waals surface area contributed by atoms with Gasteiger partial charge in [0.1, 0.15) is 65.2 Å². The highest BCUT2D eigenvalue weighted by Gasteiger charge is 2.21. The summed E-state index contributed by atoms with van der Waals surface area (Å²) in [5, 5.41) is 51.9. The Bertz CT molecular complexity index is 3970. The summed E-state index contributed by atoms with van der Waals surface area (Å²) in [6, 6.07) is 33.1. The summed E-state index contributed by atoms with van der Waals surface area (Å²) < 4.78 is 0. The van der Waals surface area contributed by atoms with Crippen LogP contribution in [0.4, 0.5) is 0 Å². The fourth-order valence-electron chi connectivity index (χ4n) is 9.17. The highest BCUT2D eigenvalue weighted by molar-refractivity contribution is 8.13. The number of benzene rings is 6. The van der Waals surface area contributed by atoms with Gasteiger partial charge >= 0.3 is 35.8 Å². The van der Waals surface area contributed by atoms with Crippen molar-refractivity contribution in [1.29, 1.82) is 0 Å². The van der Waals surface area contributed by atoms with Crippen LogP contribution in [0.1, 0.15) is 182 Å². The number of rotatable bonds is 38. The third-order valence-electron chi connectivity index (χ3n) is 15.8. The van der Waals surface area contributed by atoms with E-state index in [1.807, 2.05) is 0 Å². The van der Waals surface area contributed by atoms with Crippen LogP contribution in [-0.2, 0) is 96.1 Å². The van der Waals surface area contributed by atoms with Gasteiger partial charge in [-0.2, -0.15) is 0 Å². The summed E-state index contributed by atoms with van der Waals surface area (Å²) in [5.74, 6) is -8.68. The summed E-state index contributed by atoms with van der Waals surface area (Å²) in [5.41, 5.74) is 39.6. The topological polar surface area (TPSA) is 585 Å². The lowest BCUT2D eigenvalue weighted by atomic mass is 9.98. The van der Waals surface area contributed by atoms with Gasteiger partial charge in [-0.15, -0.1) is 0 Å². The number of hydrogen-bond acceptors (Lipinski definition) is 25. The molecule has 31 heteroatoms. The summed E-state index contributed by atoms with van der Waals surface area (Å²) in [6.07, 6.45) is 2.52. The molecule has 600 valence electrons. The maximum Gasteiger partial charge on any atom is 0.320 e. The van der Waals surface area contributed by atoms with Crippen molar-refractivity contribution >= 4 is 116 Å². The Morgan fingerprint density at radius 1 is 0.286 bits per heavy atom. The van der Waals surface area contributed by atoms with Gasteiger partial charge in [0.05, 0.1) is 38.5 Å². The smallest absolute Gasteiger partial charge is 0.320 e. The Balaban J connectivity index is 0.000000672. The summed E-state index contributed by atoms with van der Waals surface area (Å²) in [7, 11) is 0. The molecule has 0 aliphatic heterocycles. The normalized spacial score (nSPS) is 11.9. The molecule has 0 radical (unpaired) electrons. The van der Waals surface area contributed by atoms with Gasteiger partial charge in [0, 0.05) is 45.7 Å². The lowest BCUT2D eigenvalue weighted by Crippen LogP contribution is -2.32. The van der Waals surface area contributed by atoms with Crippen molar-refractivity contribution < 1.29 is 117 Å². The van der Waals surface area contributed by atoms with Crippen molar-refractivity contribution in [2.75, 3.05) is 6.26 Å². The standard InChI is InChI=1S/C15H19NO4.C14H17NO4.C13H15NO4S.3C13H15NO4/c1-9(2)13(17)8-14(18)11-5-3-10(4-6-11)7-12(16)15(19)20;1-2-11(16)8-13(17)10-5-3-9(4-6-10)7-12(15)14(18)19;1-19-12(16)7-11(15)9-4-2-8(3-5-9)6-10(14)13(17)18;3*1-8(15)6-12(16)10-4-2-9(3-5-10)7-11(14)13(17)18/h3-6,9,12H,7-8,16H2,1-2H3,(H,19,20);3-6,12H,2,7-8,15H2,1H3,(H,18,19);2-5,10H,6-7,14H2,1H3,(H,17,18);3*2-5,11H,6-7,14H2,1H3,(H,17,18). The predicted octanol–water partition coefficient (Wildman–Crippen LogP) is 6.14. The number of hydrogen-bond donors (Lipinski definition) is 12. The van der Waals surface area contributed by atoms with Crippen LogP contribution in [0.5, 0.6) is 0 Å². The molecule has 30 nitrogen and oxygen atoms in total. The molecule has 6 aromatic rings. The maximum absolute atomic E-state index is 11.9. The highest BCUT2D eigenvalue weighted by Crippen LogP contribution is 2.17. The van der Waals surface area contributed by atoms with Crippen LogP contribution in [0.15, 0.2) is 146 Å². The third-order valence-corrected chi connectivity index (χ3v) is 16.4. The highest BCUT2D eigenvalue weighted by atomic mass is 32.2. The fourth-order valence-corrected chi connectivity index (χ4v) is 9.44. The van der Waals surface area contributed by atoms with Gasteiger partial charge in [0.25, 0.3) is 0 Å². The number of ketones is 11. The van der Waals surface area contributed by atoms with Crippen LogP contribution >= 0.6 is 11.8 Å². The van der Waals surface area contributed by atoms with Gasteiger partial charge < -0.3 is 65.0 Å². The molecule has 0 aliphatic carbocycles. The minimum Gasteiger partial charge on any atom is -0.480 e. The molecule has 6 rings (SSSR count). The van der Waals surface area contributed by atoms with Crippen molar-refractivity contribution in [2.24, 2.45) is 40.3 Å². The number of aliphatic carboxylic acids is 6. The molecular formula is C81H96N6O24S. The van der Waals surface area contributed by atoms with E-state index in [1.165, 1.54) is 20.8 Å². The molecule has 0 saturated carbocycles. The Hall–Kier alpha value is -11.7. The van der Waals surface area contributed by atoms with Gasteiger partial charge in [-0.05, 0) is 98.9 Å². The van der Waals surface area contributed by atoms with Crippen LogP contribution in [0.3, 0.4) is 0 Å². The van der Waals surface area contributed by atoms with E-state index in [9.17, 15) is 86.3 Å². The second-order valence-electron chi connectivity index (χ2n) is 25.9. The molecule has 112 heavy (non-hydrogen) atoms. The lowest BCUT2D eigenvalue weighted by molar-refractivity contribution is -0.139. The van der Waals surface area contributed by atoms with Crippen LogP contribution in [0, 0.1) is 5.92 Å². The average molecular weight is 1570 g/mol. The first-order valence-electron chi connectivity index (χ1n) is 34.6.